The molecule has 160 valence electrons. The molecule has 0 unspecified atom stereocenters. The van der Waals surface area contributed by atoms with Gasteiger partial charge in [-0.3, -0.25) is 9.79 Å². The van der Waals surface area contributed by atoms with Crippen LogP contribution in [0.25, 0.3) is 0 Å². The van der Waals surface area contributed by atoms with Gasteiger partial charge in [-0.1, -0.05) is 36.4 Å². The van der Waals surface area contributed by atoms with Crippen LogP contribution in [0.3, 0.4) is 0 Å². The van der Waals surface area contributed by atoms with E-state index in [2.05, 4.69) is 55.8 Å². The Morgan fingerprint density at radius 3 is 2.63 bits per heavy atom. The molecule has 0 spiro atoms. The van der Waals surface area contributed by atoms with Gasteiger partial charge in [0.1, 0.15) is 5.82 Å². The second-order valence-electron chi connectivity index (χ2n) is 7.59. The predicted octanol–water partition coefficient (Wildman–Crippen LogP) is 2.08. The van der Waals surface area contributed by atoms with Gasteiger partial charge in [0.25, 0.3) is 0 Å². The summed E-state index contributed by atoms with van der Waals surface area (Å²) in [6, 6.07) is 14.5. The van der Waals surface area contributed by atoms with Crippen molar-refractivity contribution in [3.8, 4) is 0 Å². The quantitative estimate of drug-likeness (QED) is 0.353. The van der Waals surface area contributed by atoms with Crippen molar-refractivity contribution in [1.29, 1.82) is 0 Å². The fourth-order valence-electron chi connectivity index (χ4n) is 3.77. The van der Waals surface area contributed by atoms with E-state index in [0.717, 1.165) is 62.7 Å². The Morgan fingerprint density at radius 2 is 1.93 bits per heavy atom. The number of carbonyl (C=O) groups excluding carboxylic acids is 1. The van der Waals surface area contributed by atoms with Gasteiger partial charge in [0.05, 0.1) is 0 Å². The van der Waals surface area contributed by atoms with Crippen LogP contribution in [0, 0.1) is 5.92 Å². The molecule has 1 fully saturated rings. The highest BCUT2D eigenvalue weighted by Gasteiger charge is 2.24. The molecule has 0 bridgehead atoms. The van der Waals surface area contributed by atoms with Crippen LogP contribution in [0.1, 0.15) is 30.4 Å². The van der Waals surface area contributed by atoms with E-state index in [1.807, 2.05) is 18.3 Å². The van der Waals surface area contributed by atoms with Gasteiger partial charge in [-0.15, -0.1) is 0 Å². The summed E-state index contributed by atoms with van der Waals surface area (Å²) < 4.78 is 0. The zero-order chi connectivity index (χ0) is 21.2. The second-order valence-corrected chi connectivity index (χ2v) is 7.59. The number of carbonyl (C=O) groups is 1. The summed E-state index contributed by atoms with van der Waals surface area (Å²) >= 11 is 0. The molecule has 7 heteroatoms. The molecule has 7 nitrogen and oxygen atoms in total. The second kappa shape index (κ2) is 11.2. The number of aryl methyl sites for hydroxylation is 1. The Balaban J connectivity index is 1.48. The highest BCUT2D eigenvalue weighted by molar-refractivity contribution is 5.79. The van der Waals surface area contributed by atoms with E-state index in [1.165, 1.54) is 5.56 Å². The van der Waals surface area contributed by atoms with Gasteiger partial charge in [-0.2, -0.15) is 0 Å². The molecular weight excluding hydrogens is 376 g/mol. The van der Waals surface area contributed by atoms with E-state index in [-0.39, 0.29) is 11.8 Å². The molecule has 0 saturated carbocycles. The van der Waals surface area contributed by atoms with Gasteiger partial charge in [-0.25, -0.2) is 4.98 Å². The summed E-state index contributed by atoms with van der Waals surface area (Å²) in [5.74, 6) is 1.53. The Kier molecular flexibility index (Phi) is 8.06. The van der Waals surface area contributed by atoms with Crippen LogP contribution < -0.4 is 21.3 Å². The van der Waals surface area contributed by atoms with Gasteiger partial charge in [-0.05, 0) is 37.3 Å². The third kappa shape index (κ3) is 6.20. The summed E-state index contributed by atoms with van der Waals surface area (Å²) in [5, 5.41) is 6.77. The average Bonchev–Trinajstić information content (AvgIpc) is 2.79. The first-order valence-electron chi connectivity index (χ1n) is 10.6. The van der Waals surface area contributed by atoms with Crippen LogP contribution in [0.2, 0.25) is 0 Å². The number of pyridine rings is 1. The number of nitrogens with one attached hydrogen (secondary N) is 2. The molecule has 1 aromatic carbocycles. The first-order chi connectivity index (χ1) is 14.7. The minimum atomic E-state index is -0.195. The van der Waals surface area contributed by atoms with Crippen molar-refractivity contribution in [3.05, 3.63) is 59.8 Å². The molecule has 0 atom stereocenters. The van der Waals surface area contributed by atoms with E-state index < -0.39 is 0 Å². The van der Waals surface area contributed by atoms with Gasteiger partial charge >= 0.3 is 0 Å². The largest absolute Gasteiger partial charge is 0.369 e. The van der Waals surface area contributed by atoms with Crippen LogP contribution in [0.5, 0.6) is 0 Å². The van der Waals surface area contributed by atoms with Crippen molar-refractivity contribution in [2.24, 2.45) is 16.6 Å². The molecule has 2 aromatic rings. The SMILES string of the molecule is CN=C(NCCCc1ccccc1)NCc1cccnc1N1CCC(C(N)=O)CC1. The third-order valence-corrected chi connectivity index (χ3v) is 5.51. The maximum atomic E-state index is 11.4. The number of guanidine groups is 1. The van der Waals surface area contributed by atoms with Crippen molar-refractivity contribution in [2.75, 3.05) is 31.6 Å². The Labute approximate surface area is 178 Å². The zero-order valence-corrected chi connectivity index (χ0v) is 17.7. The summed E-state index contributed by atoms with van der Waals surface area (Å²) in [4.78, 5) is 22.6. The lowest BCUT2D eigenvalue weighted by atomic mass is 9.96. The van der Waals surface area contributed by atoms with E-state index in [4.69, 9.17) is 5.73 Å². The van der Waals surface area contributed by atoms with Crippen LogP contribution in [-0.2, 0) is 17.8 Å². The first-order valence-corrected chi connectivity index (χ1v) is 10.6. The number of aliphatic imine (C=N–C) groups is 1. The number of rotatable bonds is 8. The summed E-state index contributed by atoms with van der Waals surface area (Å²) in [5.41, 5.74) is 7.92. The Morgan fingerprint density at radius 1 is 1.17 bits per heavy atom. The monoisotopic (exact) mass is 408 g/mol. The van der Waals surface area contributed by atoms with Crippen molar-refractivity contribution in [1.82, 2.24) is 15.6 Å². The minimum absolute atomic E-state index is 0.0227. The van der Waals surface area contributed by atoms with Gasteiger partial charge in [0.2, 0.25) is 5.91 Å². The lowest BCUT2D eigenvalue weighted by molar-refractivity contribution is -0.122. The number of anilines is 1. The van der Waals surface area contributed by atoms with Gasteiger partial charge < -0.3 is 21.3 Å². The number of piperidine rings is 1. The van der Waals surface area contributed by atoms with Crippen molar-refractivity contribution < 1.29 is 4.79 Å². The standard InChI is InChI=1S/C23H32N6O/c1-25-23(27-14-5-9-18-7-3-2-4-8-18)28-17-20-10-6-13-26-22(20)29-15-11-19(12-16-29)21(24)30/h2-4,6-8,10,13,19H,5,9,11-12,14-17H2,1H3,(H2,24,30)(H2,25,27,28). The lowest BCUT2D eigenvalue weighted by Crippen LogP contribution is -2.40. The molecule has 0 aliphatic carbocycles. The lowest BCUT2D eigenvalue weighted by Gasteiger charge is -2.32. The number of hydrogen-bond acceptors (Lipinski definition) is 4. The molecule has 3 rings (SSSR count). The van der Waals surface area contributed by atoms with Crippen LogP contribution >= 0.6 is 0 Å². The van der Waals surface area contributed by atoms with Crippen molar-refractivity contribution in [3.63, 3.8) is 0 Å². The normalized spacial score (nSPS) is 15.1. The molecule has 1 aliphatic heterocycles. The maximum absolute atomic E-state index is 11.4. The zero-order valence-electron chi connectivity index (χ0n) is 17.7. The maximum Gasteiger partial charge on any atom is 0.220 e. The van der Waals surface area contributed by atoms with Gasteiger partial charge in [0, 0.05) is 50.9 Å². The van der Waals surface area contributed by atoms with E-state index in [1.54, 1.807) is 7.05 Å². The van der Waals surface area contributed by atoms with E-state index in [0.29, 0.717) is 6.54 Å². The fourth-order valence-corrected chi connectivity index (χ4v) is 3.77. The van der Waals surface area contributed by atoms with E-state index in [9.17, 15) is 4.79 Å². The topological polar surface area (TPSA) is 95.6 Å². The molecule has 4 N–H and O–H groups in total. The molecule has 2 heterocycles. The summed E-state index contributed by atoms with van der Waals surface area (Å²) in [6.07, 6.45) is 5.46. The van der Waals surface area contributed by atoms with Crippen molar-refractivity contribution in [2.45, 2.75) is 32.2 Å². The van der Waals surface area contributed by atoms with E-state index >= 15 is 0 Å². The van der Waals surface area contributed by atoms with Crippen LogP contribution in [0.4, 0.5) is 5.82 Å². The number of benzene rings is 1. The van der Waals surface area contributed by atoms with Crippen LogP contribution in [0.15, 0.2) is 53.7 Å². The number of hydrogen-bond donors (Lipinski definition) is 3. The third-order valence-electron chi connectivity index (χ3n) is 5.51. The highest BCUT2D eigenvalue weighted by atomic mass is 16.1. The molecule has 30 heavy (non-hydrogen) atoms. The molecule has 1 aliphatic rings. The molecule has 1 amide bonds. The number of aromatic nitrogens is 1. The average molecular weight is 409 g/mol. The molecular formula is C23H32N6O. The first kappa shape index (κ1) is 21.6. The number of nitrogens with two attached hydrogens (primary N) is 1. The number of amides is 1. The summed E-state index contributed by atoms with van der Waals surface area (Å²) in [7, 11) is 1.78. The molecule has 0 radical (unpaired) electrons. The predicted molar refractivity (Wildman–Crippen MR) is 121 cm³/mol. The highest BCUT2D eigenvalue weighted by Crippen LogP contribution is 2.24. The molecule has 1 aromatic heterocycles. The smallest absolute Gasteiger partial charge is 0.220 e. The molecule has 1 saturated heterocycles. The Hall–Kier alpha value is -3.09. The number of nitrogens with zero attached hydrogens (tertiary/aromatic N) is 3. The number of primary amides is 1. The fraction of sp³-hybridized carbons (Fsp3) is 0.435. The van der Waals surface area contributed by atoms with Gasteiger partial charge in [0.15, 0.2) is 5.96 Å². The van der Waals surface area contributed by atoms with Crippen LogP contribution in [-0.4, -0.2) is 43.5 Å². The Bertz CT molecular complexity index is 831. The van der Waals surface area contributed by atoms with Crippen molar-refractivity contribution >= 4 is 17.7 Å². The minimum Gasteiger partial charge on any atom is -0.369 e. The summed E-state index contributed by atoms with van der Waals surface area (Å²) in [6.45, 7) is 3.08.